The SMILES string of the molecule is COC(=O)C(N)COc1ccc(-c2sc3cc(O)ccc3c2Cc2ccc(CN3CCCC3)c(OC)c2)cc1. The topological polar surface area (TPSA) is 94.2 Å². The summed E-state index contributed by atoms with van der Waals surface area (Å²) in [5.74, 6) is 1.28. The number of ether oxygens (including phenoxy) is 3. The van der Waals surface area contributed by atoms with Crippen molar-refractivity contribution in [3.8, 4) is 27.7 Å². The lowest BCUT2D eigenvalue weighted by Crippen LogP contribution is -2.37. The summed E-state index contributed by atoms with van der Waals surface area (Å²) in [5.41, 5.74) is 10.4. The highest BCUT2D eigenvalue weighted by Gasteiger charge is 2.19. The minimum atomic E-state index is -0.838. The number of fused-ring (bicyclic) bond motifs is 1. The minimum Gasteiger partial charge on any atom is -0.508 e. The molecule has 1 fully saturated rings. The van der Waals surface area contributed by atoms with Crippen molar-refractivity contribution >= 4 is 27.4 Å². The molecular weight excluding hydrogens is 512 g/mol. The number of nitrogens with zero attached hydrogens (tertiary/aromatic N) is 1. The smallest absolute Gasteiger partial charge is 0.326 e. The van der Waals surface area contributed by atoms with Gasteiger partial charge < -0.3 is 25.1 Å². The number of phenolic OH excluding ortho intramolecular Hbond substituents is 1. The molecule has 204 valence electrons. The van der Waals surface area contributed by atoms with Crippen molar-refractivity contribution in [1.29, 1.82) is 0 Å². The van der Waals surface area contributed by atoms with Crippen LogP contribution >= 0.6 is 11.3 Å². The third-order valence-corrected chi connectivity index (χ3v) is 8.40. The number of carbonyl (C=O) groups excluding carboxylic acids is 1. The van der Waals surface area contributed by atoms with Gasteiger partial charge in [0.05, 0.1) is 14.2 Å². The van der Waals surface area contributed by atoms with Crippen LogP contribution in [0.15, 0.2) is 60.7 Å². The number of thiophene rings is 1. The number of rotatable bonds is 10. The Morgan fingerprint density at radius 2 is 1.82 bits per heavy atom. The van der Waals surface area contributed by atoms with Gasteiger partial charge in [-0.25, -0.2) is 0 Å². The molecule has 4 aromatic rings. The van der Waals surface area contributed by atoms with Crippen molar-refractivity contribution in [1.82, 2.24) is 4.90 Å². The van der Waals surface area contributed by atoms with Crippen LogP contribution in [0.4, 0.5) is 0 Å². The first-order valence-corrected chi connectivity index (χ1v) is 14.0. The molecule has 0 spiro atoms. The highest BCUT2D eigenvalue weighted by Crippen LogP contribution is 2.42. The predicted molar refractivity (Wildman–Crippen MR) is 155 cm³/mol. The summed E-state index contributed by atoms with van der Waals surface area (Å²) < 4.78 is 17.2. The number of hydrogen-bond donors (Lipinski definition) is 2. The van der Waals surface area contributed by atoms with Crippen LogP contribution in [0.3, 0.4) is 0 Å². The van der Waals surface area contributed by atoms with E-state index in [0.717, 1.165) is 52.3 Å². The van der Waals surface area contributed by atoms with Gasteiger partial charge in [-0.3, -0.25) is 9.69 Å². The van der Waals surface area contributed by atoms with Gasteiger partial charge in [0.1, 0.15) is 29.9 Å². The van der Waals surface area contributed by atoms with E-state index in [1.165, 1.54) is 36.6 Å². The third-order valence-electron chi connectivity index (χ3n) is 7.15. The summed E-state index contributed by atoms with van der Waals surface area (Å²) in [6.45, 7) is 3.23. The van der Waals surface area contributed by atoms with Crippen LogP contribution < -0.4 is 15.2 Å². The largest absolute Gasteiger partial charge is 0.508 e. The second-order valence-electron chi connectivity index (χ2n) is 9.86. The van der Waals surface area contributed by atoms with E-state index in [2.05, 4.69) is 27.8 Å². The van der Waals surface area contributed by atoms with E-state index in [9.17, 15) is 9.90 Å². The number of phenols is 1. The number of hydrogen-bond acceptors (Lipinski definition) is 8. The van der Waals surface area contributed by atoms with E-state index in [1.807, 2.05) is 36.4 Å². The molecule has 2 heterocycles. The van der Waals surface area contributed by atoms with E-state index in [4.69, 9.17) is 15.2 Å². The number of likely N-dealkylation sites (tertiary alicyclic amines) is 1. The monoisotopic (exact) mass is 546 g/mol. The van der Waals surface area contributed by atoms with E-state index >= 15 is 0 Å². The van der Waals surface area contributed by atoms with Crippen molar-refractivity contribution < 1.29 is 24.1 Å². The fraction of sp³-hybridized carbons (Fsp3) is 0.323. The van der Waals surface area contributed by atoms with Gasteiger partial charge in [-0.1, -0.05) is 12.1 Å². The van der Waals surface area contributed by atoms with E-state index < -0.39 is 12.0 Å². The second-order valence-corrected chi connectivity index (χ2v) is 10.9. The molecule has 0 saturated carbocycles. The molecule has 3 N–H and O–H groups in total. The van der Waals surface area contributed by atoms with Crippen LogP contribution in [0.1, 0.15) is 29.5 Å². The molecular formula is C31H34N2O5S. The van der Waals surface area contributed by atoms with Gasteiger partial charge in [0.2, 0.25) is 0 Å². The van der Waals surface area contributed by atoms with Crippen LogP contribution in [0, 0.1) is 0 Å². The van der Waals surface area contributed by atoms with Gasteiger partial charge in [0.15, 0.2) is 0 Å². The molecule has 0 radical (unpaired) electrons. The Balaban J connectivity index is 1.42. The normalized spacial score (nSPS) is 14.4. The lowest BCUT2D eigenvalue weighted by atomic mass is 9.97. The van der Waals surface area contributed by atoms with Crippen molar-refractivity contribution in [3.63, 3.8) is 0 Å². The zero-order valence-corrected chi connectivity index (χ0v) is 23.1. The molecule has 1 atom stereocenters. The predicted octanol–water partition coefficient (Wildman–Crippen LogP) is 5.35. The first-order valence-electron chi connectivity index (χ1n) is 13.1. The number of methoxy groups -OCH3 is 2. The highest BCUT2D eigenvalue weighted by molar-refractivity contribution is 7.22. The Bertz CT molecular complexity index is 1440. The Hall–Kier alpha value is -3.59. The van der Waals surface area contributed by atoms with Crippen molar-refractivity contribution in [2.45, 2.75) is 31.8 Å². The molecule has 0 aliphatic carbocycles. The molecule has 0 bridgehead atoms. The lowest BCUT2D eigenvalue weighted by molar-refractivity contribution is -0.142. The Morgan fingerprint density at radius 1 is 1.05 bits per heavy atom. The van der Waals surface area contributed by atoms with Crippen LogP contribution in [0.2, 0.25) is 0 Å². The van der Waals surface area contributed by atoms with Gasteiger partial charge in [-0.05, 0) is 103 Å². The molecule has 0 amide bonds. The summed E-state index contributed by atoms with van der Waals surface area (Å²) in [6.07, 6.45) is 3.25. The number of nitrogens with two attached hydrogens (primary N) is 1. The fourth-order valence-electron chi connectivity index (χ4n) is 5.07. The Kier molecular flexibility index (Phi) is 8.35. The van der Waals surface area contributed by atoms with Gasteiger partial charge in [0.25, 0.3) is 0 Å². The summed E-state index contributed by atoms with van der Waals surface area (Å²) in [6, 6.07) is 19.0. The molecule has 3 aromatic carbocycles. The standard InChI is InChI=1S/C31H34N2O5S/c1-36-28-16-20(5-6-22(28)18-33-13-3-4-14-33)15-26-25-12-9-23(34)17-29(25)39-30(26)21-7-10-24(11-8-21)38-19-27(32)31(35)37-2/h5-12,16-17,27,34H,3-4,13-15,18-19,32H2,1-2H3. The van der Waals surface area contributed by atoms with Crippen molar-refractivity contribution in [2.24, 2.45) is 5.73 Å². The number of aromatic hydroxyl groups is 1. The molecule has 8 heteroatoms. The summed E-state index contributed by atoms with van der Waals surface area (Å²) >= 11 is 1.66. The molecule has 1 aliphatic rings. The van der Waals surface area contributed by atoms with Crippen molar-refractivity contribution in [3.05, 3.63) is 77.4 Å². The summed E-state index contributed by atoms with van der Waals surface area (Å²) in [5, 5.41) is 11.3. The molecule has 1 saturated heterocycles. The average molecular weight is 547 g/mol. The number of carbonyl (C=O) groups is 1. The van der Waals surface area contributed by atoms with Crippen LogP contribution in [0.25, 0.3) is 20.5 Å². The molecule has 39 heavy (non-hydrogen) atoms. The quantitative estimate of drug-likeness (QED) is 0.259. The first-order chi connectivity index (χ1) is 18.9. The maximum atomic E-state index is 11.6. The first kappa shape index (κ1) is 27.0. The summed E-state index contributed by atoms with van der Waals surface area (Å²) in [7, 11) is 3.04. The third kappa shape index (κ3) is 6.19. The highest BCUT2D eigenvalue weighted by atomic mass is 32.1. The van der Waals surface area contributed by atoms with Crippen LogP contribution in [-0.2, 0) is 22.5 Å². The van der Waals surface area contributed by atoms with Gasteiger partial charge in [0, 0.05) is 21.7 Å². The van der Waals surface area contributed by atoms with E-state index in [-0.39, 0.29) is 12.4 Å². The zero-order chi connectivity index (χ0) is 27.4. The molecule has 7 nitrogen and oxygen atoms in total. The number of benzene rings is 3. The molecule has 5 rings (SSSR count). The van der Waals surface area contributed by atoms with E-state index in [0.29, 0.717) is 5.75 Å². The Labute approximate surface area is 232 Å². The molecule has 1 aliphatic heterocycles. The number of esters is 1. The fourth-order valence-corrected chi connectivity index (χ4v) is 6.33. The van der Waals surface area contributed by atoms with Gasteiger partial charge in [-0.15, -0.1) is 11.3 Å². The van der Waals surface area contributed by atoms with Crippen LogP contribution in [-0.4, -0.2) is 55.9 Å². The summed E-state index contributed by atoms with van der Waals surface area (Å²) in [4.78, 5) is 15.2. The zero-order valence-electron chi connectivity index (χ0n) is 22.3. The lowest BCUT2D eigenvalue weighted by Gasteiger charge is -2.18. The van der Waals surface area contributed by atoms with Gasteiger partial charge in [-0.2, -0.15) is 0 Å². The Morgan fingerprint density at radius 3 is 2.54 bits per heavy atom. The molecule has 1 unspecified atom stereocenters. The van der Waals surface area contributed by atoms with E-state index in [1.54, 1.807) is 24.5 Å². The maximum absolute atomic E-state index is 11.6. The molecule has 1 aromatic heterocycles. The minimum absolute atomic E-state index is 0.0367. The second kappa shape index (κ2) is 12.1. The maximum Gasteiger partial charge on any atom is 0.326 e. The van der Waals surface area contributed by atoms with Gasteiger partial charge >= 0.3 is 5.97 Å². The van der Waals surface area contributed by atoms with Crippen molar-refractivity contribution in [2.75, 3.05) is 33.9 Å². The van der Waals surface area contributed by atoms with Crippen LogP contribution in [0.5, 0.6) is 17.2 Å². The average Bonchev–Trinajstić information content (AvgIpc) is 3.60.